The molecular formula is C22H27N5O5. The lowest BCUT2D eigenvalue weighted by atomic mass is 10.2. The van der Waals surface area contributed by atoms with Crippen LogP contribution in [0.1, 0.15) is 33.5 Å². The SMILES string of the molecule is COCc1ccc(C(=O)NCc2nnc3n2CCN(Cc2ccc(OC)c(O)c2)CC3)o1. The number of nitrogens with zero attached hydrogens (tertiary/aromatic N) is 4. The summed E-state index contributed by atoms with van der Waals surface area (Å²) in [6, 6.07) is 8.81. The van der Waals surface area contributed by atoms with Gasteiger partial charge in [-0.05, 0) is 29.8 Å². The predicted molar refractivity (Wildman–Crippen MR) is 114 cm³/mol. The van der Waals surface area contributed by atoms with Crippen molar-refractivity contribution >= 4 is 5.91 Å². The van der Waals surface area contributed by atoms with Gasteiger partial charge in [0.25, 0.3) is 5.91 Å². The van der Waals surface area contributed by atoms with E-state index >= 15 is 0 Å². The minimum atomic E-state index is -0.306. The summed E-state index contributed by atoms with van der Waals surface area (Å²) in [4.78, 5) is 14.7. The summed E-state index contributed by atoms with van der Waals surface area (Å²) in [5, 5.41) is 21.4. The Morgan fingerprint density at radius 1 is 1.19 bits per heavy atom. The first-order chi connectivity index (χ1) is 15.6. The number of nitrogens with one attached hydrogen (secondary N) is 1. The van der Waals surface area contributed by atoms with E-state index in [2.05, 4.69) is 25.0 Å². The maximum absolute atomic E-state index is 12.4. The van der Waals surface area contributed by atoms with Gasteiger partial charge in [-0.25, -0.2) is 0 Å². The van der Waals surface area contributed by atoms with Crippen LogP contribution in [0.15, 0.2) is 34.7 Å². The molecule has 2 N–H and O–H groups in total. The average molecular weight is 441 g/mol. The number of methoxy groups -OCH3 is 2. The molecule has 170 valence electrons. The lowest BCUT2D eigenvalue weighted by molar-refractivity contribution is 0.0913. The van der Waals surface area contributed by atoms with E-state index in [1.807, 2.05) is 6.07 Å². The Labute approximate surface area is 185 Å². The number of amides is 1. The van der Waals surface area contributed by atoms with Gasteiger partial charge in [-0.2, -0.15) is 0 Å². The van der Waals surface area contributed by atoms with E-state index in [-0.39, 0.29) is 24.0 Å². The van der Waals surface area contributed by atoms with Crippen LogP contribution in [0.2, 0.25) is 0 Å². The normalized spacial score (nSPS) is 14.1. The molecule has 3 heterocycles. The number of ether oxygens (including phenoxy) is 2. The molecule has 10 heteroatoms. The molecule has 4 rings (SSSR count). The van der Waals surface area contributed by atoms with E-state index in [4.69, 9.17) is 13.9 Å². The summed E-state index contributed by atoms with van der Waals surface area (Å²) < 4.78 is 17.6. The number of hydrogen-bond donors (Lipinski definition) is 2. The van der Waals surface area contributed by atoms with Crippen LogP contribution in [0.3, 0.4) is 0 Å². The average Bonchev–Trinajstić information content (AvgIpc) is 3.36. The van der Waals surface area contributed by atoms with Crippen LogP contribution >= 0.6 is 0 Å². The molecule has 2 aromatic heterocycles. The predicted octanol–water partition coefficient (Wildman–Crippen LogP) is 1.72. The Bertz CT molecular complexity index is 1080. The first-order valence-electron chi connectivity index (χ1n) is 10.4. The van der Waals surface area contributed by atoms with Crippen LogP contribution in [0, 0.1) is 0 Å². The first-order valence-corrected chi connectivity index (χ1v) is 10.4. The number of hydrogen-bond acceptors (Lipinski definition) is 8. The maximum Gasteiger partial charge on any atom is 0.287 e. The highest BCUT2D eigenvalue weighted by Crippen LogP contribution is 2.27. The highest BCUT2D eigenvalue weighted by Gasteiger charge is 2.20. The maximum atomic E-state index is 12.4. The van der Waals surface area contributed by atoms with Crippen LogP contribution in [-0.2, 0) is 37.4 Å². The Morgan fingerprint density at radius 3 is 2.84 bits per heavy atom. The van der Waals surface area contributed by atoms with Crippen molar-refractivity contribution in [2.24, 2.45) is 0 Å². The van der Waals surface area contributed by atoms with E-state index in [9.17, 15) is 9.90 Å². The molecule has 0 atom stereocenters. The van der Waals surface area contributed by atoms with Crippen molar-refractivity contribution in [2.45, 2.75) is 32.7 Å². The zero-order valence-electron chi connectivity index (χ0n) is 18.2. The summed E-state index contributed by atoms with van der Waals surface area (Å²) in [6.45, 7) is 3.64. The molecule has 0 spiro atoms. The van der Waals surface area contributed by atoms with Crippen molar-refractivity contribution in [1.82, 2.24) is 25.0 Å². The molecule has 0 saturated heterocycles. The fourth-order valence-corrected chi connectivity index (χ4v) is 3.77. The molecule has 0 saturated carbocycles. The van der Waals surface area contributed by atoms with E-state index < -0.39 is 0 Å². The van der Waals surface area contributed by atoms with Crippen molar-refractivity contribution < 1.29 is 23.8 Å². The number of aromatic hydroxyl groups is 1. The second kappa shape index (κ2) is 9.84. The number of phenolic OH excluding ortho intramolecular Hbond substituents is 1. The Hall–Kier alpha value is -3.37. The zero-order chi connectivity index (χ0) is 22.5. The smallest absolute Gasteiger partial charge is 0.287 e. The summed E-state index contributed by atoms with van der Waals surface area (Å²) in [7, 11) is 3.10. The zero-order valence-corrected chi connectivity index (χ0v) is 18.2. The molecule has 32 heavy (non-hydrogen) atoms. The fourth-order valence-electron chi connectivity index (χ4n) is 3.77. The van der Waals surface area contributed by atoms with E-state index in [1.54, 1.807) is 31.4 Å². The third kappa shape index (κ3) is 4.92. The van der Waals surface area contributed by atoms with E-state index in [0.29, 0.717) is 37.0 Å². The van der Waals surface area contributed by atoms with Gasteiger partial charge in [0.1, 0.15) is 18.2 Å². The molecule has 0 unspecified atom stereocenters. The molecule has 3 aromatic rings. The molecule has 10 nitrogen and oxygen atoms in total. The van der Waals surface area contributed by atoms with Crippen molar-refractivity contribution in [3.63, 3.8) is 0 Å². The van der Waals surface area contributed by atoms with Crippen molar-refractivity contribution in [3.05, 3.63) is 59.1 Å². The van der Waals surface area contributed by atoms with Gasteiger partial charge >= 0.3 is 0 Å². The second-order valence-electron chi connectivity index (χ2n) is 7.60. The lowest BCUT2D eigenvalue weighted by Crippen LogP contribution is -2.28. The molecule has 1 aliphatic rings. The van der Waals surface area contributed by atoms with Crippen LogP contribution in [0.4, 0.5) is 0 Å². The topological polar surface area (TPSA) is 115 Å². The molecule has 1 amide bonds. The standard InChI is InChI=1S/C22H27N5O5/c1-30-14-16-4-6-19(32-16)22(29)23-12-21-25-24-20-7-8-26(9-10-27(20)21)13-15-3-5-18(31-2)17(28)11-15/h3-6,11,28H,7-10,12-14H2,1-2H3,(H,23,29). The van der Waals surface area contributed by atoms with Gasteiger partial charge in [-0.15, -0.1) is 10.2 Å². The monoisotopic (exact) mass is 441 g/mol. The van der Waals surface area contributed by atoms with Gasteiger partial charge in [-0.1, -0.05) is 6.07 Å². The molecule has 0 bridgehead atoms. The van der Waals surface area contributed by atoms with Crippen LogP contribution in [0.25, 0.3) is 0 Å². The van der Waals surface area contributed by atoms with Gasteiger partial charge in [0.2, 0.25) is 0 Å². The van der Waals surface area contributed by atoms with E-state index in [1.165, 1.54) is 7.11 Å². The van der Waals surface area contributed by atoms with Gasteiger partial charge in [0, 0.05) is 39.7 Å². The fraction of sp³-hybridized carbons (Fsp3) is 0.409. The van der Waals surface area contributed by atoms with Gasteiger partial charge < -0.3 is 28.9 Å². The van der Waals surface area contributed by atoms with Crippen LogP contribution in [0.5, 0.6) is 11.5 Å². The van der Waals surface area contributed by atoms with Gasteiger partial charge in [0.05, 0.1) is 13.7 Å². The second-order valence-corrected chi connectivity index (χ2v) is 7.60. The summed E-state index contributed by atoms with van der Waals surface area (Å²) in [5.41, 5.74) is 1.01. The van der Waals surface area contributed by atoms with E-state index in [0.717, 1.165) is 30.9 Å². The largest absolute Gasteiger partial charge is 0.504 e. The minimum absolute atomic E-state index is 0.140. The summed E-state index contributed by atoms with van der Waals surface area (Å²) in [6.07, 6.45) is 0.752. The Kier molecular flexibility index (Phi) is 6.72. The minimum Gasteiger partial charge on any atom is -0.504 e. The highest BCUT2D eigenvalue weighted by molar-refractivity contribution is 5.91. The van der Waals surface area contributed by atoms with Crippen molar-refractivity contribution in [1.29, 1.82) is 0 Å². The number of furan rings is 1. The first kappa shape index (κ1) is 21.8. The Balaban J connectivity index is 1.34. The molecule has 1 aromatic carbocycles. The number of benzene rings is 1. The Morgan fingerprint density at radius 2 is 2.06 bits per heavy atom. The van der Waals surface area contributed by atoms with Gasteiger partial charge in [0.15, 0.2) is 23.1 Å². The molecule has 0 radical (unpaired) electrons. The number of rotatable bonds is 8. The highest BCUT2D eigenvalue weighted by atomic mass is 16.5. The third-order valence-corrected chi connectivity index (χ3v) is 5.42. The number of carbonyl (C=O) groups excluding carboxylic acids is 1. The number of carbonyl (C=O) groups is 1. The summed E-state index contributed by atoms with van der Waals surface area (Å²) >= 11 is 0. The number of aromatic nitrogens is 3. The quantitative estimate of drug-likeness (QED) is 0.543. The lowest BCUT2D eigenvalue weighted by Gasteiger charge is -2.20. The molecule has 0 fully saturated rings. The van der Waals surface area contributed by atoms with Crippen molar-refractivity contribution in [3.8, 4) is 11.5 Å². The molecule has 0 aliphatic carbocycles. The van der Waals surface area contributed by atoms with Crippen LogP contribution in [-0.4, -0.2) is 58.0 Å². The van der Waals surface area contributed by atoms with Gasteiger partial charge in [-0.3, -0.25) is 9.69 Å². The third-order valence-electron chi connectivity index (χ3n) is 5.42. The van der Waals surface area contributed by atoms with Crippen molar-refractivity contribution in [2.75, 3.05) is 27.3 Å². The van der Waals surface area contributed by atoms with Crippen LogP contribution < -0.4 is 10.1 Å². The molecular weight excluding hydrogens is 414 g/mol. The molecule has 1 aliphatic heterocycles. The number of fused-ring (bicyclic) bond motifs is 1. The summed E-state index contributed by atoms with van der Waals surface area (Å²) in [5.74, 6) is 2.74. The number of phenols is 1.